The van der Waals surface area contributed by atoms with Crippen LogP contribution in [0, 0.1) is 10.1 Å². The summed E-state index contributed by atoms with van der Waals surface area (Å²) in [5, 5.41) is 13.8. The summed E-state index contributed by atoms with van der Waals surface area (Å²) in [5.41, 5.74) is 0.281. The zero-order valence-electron chi connectivity index (χ0n) is 10.3. The second kappa shape index (κ2) is 5.05. The van der Waals surface area contributed by atoms with Gasteiger partial charge in [0.15, 0.2) is 0 Å². The van der Waals surface area contributed by atoms with Gasteiger partial charge >= 0.3 is 0 Å². The van der Waals surface area contributed by atoms with Crippen LogP contribution < -0.4 is 5.32 Å². The van der Waals surface area contributed by atoms with Crippen LogP contribution in [0.4, 0.5) is 11.4 Å². The van der Waals surface area contributed by atoms with Crippen LogP contribution in [0.2, 0.25) is 0 Å². The Balaban J connectivity index is 2.27. The van der Waals surface area contributed by atoms with Gasteiger partial charge in [0.25, 0.3) is 5.69 Å². The van der Waals surface area contributed by atoms with Gasteiger partial charge in [0.05, 0.1) is 4.92 Å². The van der Waals surface area contributed by atoms with Crippen LogP contribution in [0.1, 0.15) is 16.8 Å². The molecule has 7 nitrogen and oxygen atoms in total. The molecule has 0 radical (unpaired) electrons. The molecule has 1 aliphatic heterocycles. The van der Waals surface area contributed by atoms with E-state index in [1.54, 1.807) is 11.9 Å². The van der Waals surface area contributed by atoms with Gasteiger partial charge in [-0.05, 0) is 18.6 Å². The van der Waals surface area contributed by atoms with Crippen LogP contribution in [0.25, 0.3) is 0 Å². The fourth-order valence-corrected chi connectivity index (χ4v) is 2.04. The first kappa shape index (κ1) is 13.0. The Bertz CT molecular complexity index is 544. The molecule has 1 aliphatic rings. The van der Waals surface area contributed by atoms with Crippen LogP contribution in [-0.4, -0.2) is 41.7 Å². The van der Waals surface area contributed by atoms with Gasteiger partial charge in [-0.2, -0.15) is 0 Å². The van der Waals surface area contributed by atoms with Crippen molar-refractivity contribution < 1.29 is 14.5 Å². The predicted molar refractivity (Wildman–Crippen MR) is 68.1 cm³/mol. The lowest BCUT2D eigenvalue weighted by molar-refractivity contribution is -0.384. The van der Waals surface area contributed by atoms with Gasteiger partial charge in [-0.3, -0.25) is 19.7 Å². The molecule has 1 aromatic rings. The smallest absolute Gasteiger partial charge is 0.293 e. The maximum absolute atomic E-state index is 11.8. The van der Waals surface area contributed by atoms with Gasteiger partial charge < -0.3 is 10.2 Å². The first-order valence-electron chi connectivity index (χ1n) is 5.78. The van der Waals surface area contributed by atoms with Gasteiger partial charge in [-0.25, -0.2) is 0 Å². The fraction of sp³-hybridized carbons (Fsp3) is 0.333. The number of carbonyl (C=O) groups is 2. The van der Waals surface area contributed by atoms with Crippen molar-refractivity contribution in [1.29, 1.82) is 0 Å². The normalized spacial score (nSPS) is 18.5. The van der Waals surface area contributed by atoms with Crippen LogP contribution in [0.15, 0.2) is 18.2 Å². The summed E-state index contributed by atoms with van der Waals surface area (Å²) in [5.74, 6) is -0.0891. The van der Waals surface area contributed by atoms with E-state index in [-0.39, 0.29) is 22.8 Å². The molecule has 0 spiro atoms. The molecule has 1 unspecified atom stereocenters. The molecular formula is C12H13N3O4. The van der Waals surface area contributed by atoms with Gasteiger partial charge in [-0.15, -0.1) is 0 Å². The van der Waals surface area contributed by atoms with E-state index in [1.165, 1.54) is 18.2 Å². The number of likely N-dealkylation sites (N-methyl/N-ethyl adjacent to an activating group) is 1. The zero-order chi connectivity index (χ0) is 14.0. The second-order valence-corrected chi connectivity index (χ2v) is 4.40. The van der Waals surface area contributed by atoms with Crippen molar-refractivity contribution in [2.24, 2.45) is 0 Å². The van der Waals surface area contributed by atoms with Crippen molar-refractivity contribution in [3.63, 3.8) is 0 Å². The SMILES string of the molecule is CN1CCC(Nc2ccc(C=O)cc2[N+](=O)[O-])C1=O. The average Bonchev–Trinajstić information content (AvgIpc) is 2.71. The van der Waals surface area contributed by atoms with E-state index < -0.39 is 11.0 Å². The Hall–Kier alpha value is -2.44. The molecular weight excluding hydrogens is 250 g/mol. The van der Waals surface area contributed by atoms with E-state index in [1.807, 2.05) is 0 Å². The highest BCUT2D eigenvalue weighted by molar-refractivity contribution is 5.88. The maximum atomic E-state index is 11.8. The lowest BCUT2D eigenvalue weighted by Crippen LogP contribution is -2.31. The van der Waals surface area contributed by atoms with Crippen LogP contribution in [-0.2, 0) is 4.79 Å². The molecule has 19 heavy (non-hydrogen) atoms. The first-order chi connectivity index (χ1) is 9.02. The molecule has 1 aromatic carbocycles. The number of nitrogens with one attached hydrogen (secondary N) is 1. The molecule has 1 fully saturated rings. The van der Waals surface area contributed by atoms with Gasteiger partial charge in [0, 0.05) is 25.2 Å². The van der Waals surface area contributed by atoms with E-state index in [4.69, 9.17) is 0 Å². The molecule has 1 saturated heterocycles. The third kappa shape index (κ3) is 2.54. The minimum atomic E-state index is -0.571. The van der Waals surface area contributed by atoms with E-state index in [2.05, 4.69) is 5.32 Å². The number of amides is 1. The zero-order valence-corrected chi connectivity index (χ0v) is 10.3. The molecule has 0 saturated carbocycles. The van der Waals surface area contributed by atoms with Crippen molar-refractivity contribution in [1.82, 2.24) is 4.90 Å². The van der Waals surface area contributed by atoms with Crippen LogP contribution >= 0.6 is 0 Å². The van der Waals surface area contributed by atoms with E-state index in [0.29, 0.717) is 19.3 Å². The fourth-order valence-electron chi connectivity index (χ4n) is 2.04. The Morgan fingerprint density at radius 2 is 2.26 bits per heavy atom. The number of nitrogens with zero attached hydrogens (tertiary/aromatic N) is 2. The van der Waals surface area contributed by atoms with Crippen molar-refractivity contribution in [3.8, 4) is 0 Å². The number of benzene rings is 1. The van der Waals surface area contributed by atoms with Gasteiger partial charge in [0.2, 0.25) is 5.91 Å². The van der Waals surface area contributed by atoms with Crippen LogP contribution in [0.3, 0.4) is 0 Å². The molecule has 7 heteroatoms. The highest BCUT2D eigenvalue weighted by atomic mass is 16.6. The number of hydrogen-bond donors (Lipinski definition) is 1. The third-order valence-corrected chi connectivity index (χ3v) is 3.11. The molecule has 100 valence electrons. The lowest BCUT2D eigenvalue weighted by Gasteiger charge is -2.13. The quantitative estimate of drug-likeness (QED) is 0.498. The second-order valence-electron chi connectivity index (χ2n) is 4.40. The topological polar surface area (TPSA) is 92.6 Å². The first-order valence-corrected chi connectivity index (χ1v) is 5.78. The molecule has 2 rings (SSSR count). The number of carbonyl (C=O) groups excluding carboxylic acids is 2. The summed E-state index contributed by atoms with van der Waals surface area (Å²) in [6.45, 7) is 0.622. The molecule has 0 bridgehead atoms. The largest absolute Gasteiger partial charge is 0.368 e. The molecule has 0 aliphatic carbocycles. The van der Waals surface area contributed by atoms with Gasteiger partial charge in [0.1, 0.15) is 18.0 Å². The molecule has 0 aromatic heterocycles. The number of likely N-dealkylation sites (tertiary alicyclic amines) is 1. The van der Waals surface area contributed by atoms with Crippen molar-refractivity contribution in [2.45, 2.75) is 12.5 Å². The highest BCUT2D eigenvalue weighted by Crippen LogP contribution is 2.27. The Morgan fingerprint density at radius 1 is 1.53 bits per heavy atom. The van der Waals surface area contributed by atoms with Crippen molar-refractivity contribution in [3.05, 3.63) is 33.9 Å². The minimum absolute atomic E-state index is 0.0891. The monoisotopic (exact) mass is 263 g/mol. The standard InChI is InChI=1S/C12H13N3O4/c1-14-5-4-10(12(14)17)13-9-3-2-8(7-16)6-11(9)15(18)19/h2-3,6-7,10,13H,4-5H2,1H3. The Labute approximate surface area is 109 Å². The summed E-state index contributed by atoms with van der Waals surface area (Å²) >= 11 is 0. The Kier molecular flexibility index (Phi) is 3.46. The van der Waals surface area contributed by atoms with E-state index in [0.717, 1.165) is 0 Å². The number of nitro groups is 1. The summed E-state index contributed by atoms with van der Waals surface area (Å²) < 4.78 is 0. The minimum Gasteiger partial charge on any atom is -0.368 e. The summed E-state index contributed by atoms with van der Waals surface area (Å²) in [7, 11) is 1.69. The number of nitro benzene ring substituents is 1. The number of hydrogen-bond acceptors (Lipinski definition) is 5. The van der Waals surface area contributed by atoms with E-state index >= 15 is 0 Å². The molecule has 1 atom stereocenters. The lowest BCUT2D eigenvalue weighted by atomic mass is 10.1. The number of rotatable bonds is 4. The summed E-state index contributed by atoms with van der Waals surface area (Å²) in [4.78, 5) is 34.3. The van der Waals surface area contributed by atoms with E-state index in [9.17, 15) is 19.7 Å². The molecule has 1 N–H and O–H groups in total. The maximum Gasteiger partial charge on any atom is 0.293 e. The van der Waals surface area contributed by atoms with Crippen molar-refractivity contribution in [2.75, 3.05) is 18.9 Å². The molecule has 1 amide bonds. The molecule has 1 heterocycles. The van der Waals surface area contributed by atoms with Crippen LogP contribution in [0.5, 0.6) is 0 Å². The van der Waals surface area contributed by atoms with Gasteiger partial charge in [-0.1, -0.05) is 0 Å². The Morgan fingerprint density at radius 3 is 2.79 bits per heavy atom. The number of aldehydes is 1. The summed E-state index contributed by atoms with van der Waals surface area (Å²) in [6.07, 6.45) is 1.15. The highest BCUT2D eigenvalue weighted by Gasteiger charge is 2.30. The predicted octanol–water partition coefficient (Wildman–Crippen LogP) is 1.05. The third-order valence-electron chi connectivity index (χ3n) is 3.11. The van der Waals surface area contributed by atoms with Crippen molar-refractivity contribution >= 4 is 23.6 Å². The summed E-state index contributed by atoms with van der Waals surface area (Å²) in [6, 6.07) is 3.67. The average molecular weight is 263 g/mol. The number of anilines is 1.